The fourth-order valence-electron chi connectivity index (χ4n) is 2.24. The van der Waals surface area contributed by atoms with Gasteiger partial charge in [0.05, 0.1) is 6.04 Å². The highest BCUT2D eigenvalue weighted by molar-refractivity contribution is 5.98. The number of rotatable bonds is 2. The first kappa shape index (κ1) is 10.4. The molecule has 0 atom stereocenters. The maximum atomic E-state index is 4.82. The van der Waals surface area contributed by atoms with E-state index in [1.54, 1.807) is 0 Å². The van der Waals surface area contributed by atoms with Gasteiger partial charge in [-0.2, -0.15) is 0 Å². The summed E-state index contributed by atoms with van der Waals surface area (Å²) in [6, 6.07) is 11.1. The van der Waals surface area contributed by atoms with Crippen LogP contribution in [0.15, 0.2) is 35.3 Å². The highest BCUT2D eigenvalue weighted by Gasteiger charge is 2.12. The molecule has 0 bridgehead atoms. The highest BCUT2D eigenvalue weighted by Crippen LogP contribution is 2.21. The SMILES string of the molecule is CC(=NC1CCCCC1)c1ccccc1. The van der Waals surface area contributed by atoms with Crippen molar-refractivity contribution in [3.63, 3.8) is 0 Å². The molecule has 1 fully saturated rings. The molecule has 1 aromatic rings. The molecule has 0 heterocycles. The Morgan fingerprint density at radius 2 is 1.73 bits per heavy atom. The average molecular weight is 201 g/mol. The van der Waals surface area contributed by atoms with Crippen molar-refractivity contribution in [2.45, 2.75) is 45.1 Å². The van der Waals surface area contributed by atoms with Crippen LogP contribution in [-0.2, 0) is 0 Å². The summed E-state index contributed by atoms with van der Waals surface area (Å²) in [6.07, 6.45) is 6.68. The van der Waals surface area contributed by atoms with Crippen molar-refractivity contribution in [1.82, 2.24) is 0 Å². The molecule has 1 saturated carbocycles. The van der Waals surface area contributed by atoms with Crippen LogP contribution in [0.4, 0.5) is 0 Å². The Bertz CT molecular complexity index is 320. The molecule has 0 unspecified atom stereocenters. The van der Waals surface area contributed by atoms with E-state index >= 15 is 0 Å². The lowest BCUT2D eigenvalue weighted by molar-refractivity contribution is 0.443. The van der Waals surface area contributed by atoms with Crippen molar-refractivity contribution in [2.24, 2.45) is 4.99 Å². The van der Waals surface area contributed by atoms with Gasteiger partial charge in [-0.15, -0.1) is 0 Å². The maximum absolute atomic E-state index is 4.82. The van der Waals surface area contributed by atoms with Gasteiger partial charge in [0.1, 0.15) is 0 Å². The Hall–Kier alpha value is -1.11. The van der Waals surface area contributed by atoms with Crippen LogP contribution in [0.3, 0.4) is 0 Å². The minimum absolute atomic E-state index is 0.582. The third kappa shape index (κ3) is 2.92. The van der Waals surface area contributed by atoms with E-state index in [-0.39, 0.29) is 0 Å². The lowest BCUT2D eigenvalue weighted by Gasteiger charge is -2.18. The van der Waals surface area contributed by atoms with E-state index < -0.39 is 0 Å². The summed E-state index contributed by atoms with van der Waals surface area (Å²) in [5.41, 5.74) is 2.46. The molecule has 0 aromatic heterocycles. The Morgan fingerprint density at radius 3 is 2.40 bits per heavy atom. The molecule has 1 nitrogen and oxygen atoms in total. The predicted octanol–water partition coefficient (Wildman–Crippen LogP) is 3.83. The predicted molar refractivity (Wildman–Crippen MR) is 65.5 cm³/mol. The van der Waals surface area contributed by atoms with E-state index in [9.17, 15) is 0 Å². The first-order valence-corrected chi connectivity index (χ1v) is 5.96. The van der Waals surface area contributed by atoms with Crippen molar-refractivity contribution in [3.05, 3.63) is 35.9 Å². The number of nitrogens with zero attached hydrogens (tertiary/aromatic N) is 1. The van der Waals surface area contributed by atoms with Gasteiger partial charge in [-0.3, -0.25) is 4.99 Å². The van der Waals surface area contributed by atoms with Crippen molar-refractivity contribution < 1.29 is 0 Å². The molecule has 0 saturated heterocycles. The van der Waals surface area contributed by atoms with Crippen LogP contribution in [0, 0.1) is 0 Å². The molecule has 1 heteroatoms. The van der Waals surface area contributed by atoms with Crippen LogP contribution < -0.4 is 0 Å². The van der Waals surface area contributed by atoms with E-state index in [2.05, 4.69) is 37.3 Å². The second kappa shape index (κ2) is 5.11. The summed E-state index contributed by atoms with van der Waals surface area (Å²) >= 11 is 0. The average Bonchev–Trinajstić information content (AvgIpc) is 2.31. The van der Waals surface area contributed by atoms with Crippen LogP contribution in [0.2, 0.25) is 0 Å². The molecule has 0 N–H and O–H groups in total. The summed E-state index contributed by atoms with van der Waals surface area (Å²) in [6.45, 7) is 2.13. The minimum Gasteiger partial charge on any atom is -0.286 e. The topological polar surface area (TPSA) is 12.4 Å². The lowest BCUT2D eigenvalue weighted by atomic mass is 9.96. The Labute approximate surface area is 92.2 Å². The normalized spacial score (nSPS) is 19.1. The molecular formula is C14H19N. The van der Waals surface area contributed by atoms with Crippen molar-refractivity contribution >= 4 is 5.71 Å². The van der Waals surface area contributed by atoms with Gasteiger partial charge in [-0.05, 0) is 25.3 Å². The molecule has 1 aliphatic rings. The largest absolute Gasteiger partial charge is 0.286 e. The van der Waals surface area contributed by atoms with Crippen molar-refractivity contribution in [1.29, 1.82) is 0 Å². The Balaban J connectivity index is 2.06. The molecule has 0 amide bonds. The van der Waals surface area contributed by atoms with E-state index in [1.807, 2.05) is 0 Å². The standard InChI is InChI=1S/C14H19N/c1-12(13-8-4-2-5-9-13)15-14-10-6-3-7-11-14/h2,4-5,8-9,14H,3,6-7,10-11H2,1H3. The molecule has 80 valence electrons. The monoisotopic (exact) mass is 201 g/mol. The zero-order valence-electron chi connectivity index (χ0n) is 9.45. The fourth-order valence-corrected chi connectivity index (χ4v) is 2.24. The summed E-state index contributed by atoms with van der Waals surface area (Å²) in [4.78, 5) is 4.82. The van der Waals surface area contributed by atoms with Crippen molar-refractivity contribution in [2.75, 3.05) is 0 Å². The molecule has 15 heavy (non-hydrogen) atoms. The third-order valence-corrected chi connectivity index (χ3v) is 3.14. The Kier molecular flexibility index (Phi) is 3.54. The highest BCUT2D eigenvalue weighted by atomic mass is 14.8. The van der Waals surface area contributed by atoms with Crippen LogP contribution in [-0.4, -0.2) is 11.8 Å². The molecular weight excluding hydrogens is 182 g/mol. The molecule has 0 radical (unpaired) electrons. The van der Waals surface area contributed by atoms with Gasteiger partial charge < -0.3 is 0 Å². The second-order valence-corrected chi connectivity index (χ2v) is 4.37. The second-order valence-electron chi connectivity index (χ2n) is 4.37. The molecule has 2 rings (SSSR count). The van der Waals surface area contributed by atoms with E-state index in [0.717, 1.165) is 0 Å². The number of hydrogen-bond acceptors (Lipinski definition) is 1. The summed E-state index contributed by atoms with van der Waals surface area (Å²) in [7, 11) is 0. The summed E-state index contributed by atoms with van der Waals surface area (Å²) < 4.78 is 0. The van der Waals surface area contributed by atoms with Gasteiger partial charge >= 0.3 is 0 Å². The van der Waals surface area contributed by atoms with E-state index in [1.165, 1.54) is 43.4 Å². The van der Waals surface area contributed by atoms with Gasteiger partial charge in [0, 0.05) is 5.71 Å². The van der Waals surface area contributed by atoms with Gasteiger partial charge in [-0.25, -0.2) is 0 Å². The summed E-state index contributed by atoms with van der Waals surface area (Å²) in [5, 5.41) is 0. The quantitative estimate of drug-likeness (QED) is 0.645. The van der Waals surface area contributed by atoms with Crippen molar-refractivity contribution in [3.8, 4) is 0 Å². The third-order valence-electron chi connectivity index (χ3n) is 3.14. The first-order chi connectivity index (χ1) is 7.36. The van der Waals surface area contributed by atoms with Gasteiger partial charge in [0.2, 0.25) is 0 Å². The van der Waals surface area contributed by atoms with E-state index in [0.29, 0.717) is 6.04 Å². The Morgan fingerprint density at radius 1 is 1.07 bits per heavy atom. The van der Waals surface area contributed by atoms with Crippen LogP contribution in [0.5, 0.6) is 0 Å². The molecule has 1 aliphatic carbocycles. The van der Waals surface area contributed by atoms with E-state index in [4.69, 9.17) is 4.99 Å². The maximum Gasteiger partial charge on any atom is 0.0503 e. The zero-order chi connectivity index (χ0) is 10.5. The van der Waals surface area contributed by atoms with Crippen LogP contribution in [0.1, 0.15) is 44.6 Å². The van der Waals surface area contributed by atoms with Gasteiger partial charge in [0.25, 0.3) is 0 Å². The zero-order valence-corrected chi connectivity index (χ0v) is 9.45. The van der Waals surface area contributed by atoms with Crippen LogP contribution >= 0.6 is 0 Å². The fraction of sp³-hybridized carbons (Fsp3) is 0.500. The number of aliphatic imine (C=N–C) groups is 1. The van der Waals surface area contributed by atoms with Gasteiger partial charge in [-0.1, -0.05) is 49.6 Å². The molecule has 1 aromatic carbocycles. The lowest BCUT2D eigenvalue weighted by Crippen LogP contribution is -2.12. The first-order valence-electron chi connectivity index (χ1n) is 5.96. The van der Waals surface area contributed by atoms with Crippen LogP contribution in [0.25, 0.3) is 0 Å². The minimum atomic E-state index is 0.582. The molecule has 0 spiro atoms. The smallest absolute Gasteiger partial charge is 0.0503 e. The number of hydrogen-bond donors (Lipinski definition) is 0. The molecule has 0 aliphatic heterocycles. The van der Waals surface area contributed by atoms with Gasteiger partial charge in [0.15, 0.2) is 0 Å². The summed E-state index contributed by atoms with van der Waals surface area (Å²) in [5.74, 6) is 0. The number of benzene rings is 1.